The number of rotatable bonds is 3. The maximum atomic E-state index is 6.09. The van der Waals surface area contributed by atoms with Crippen molar-refractivity contribution in [1.29, 1.82) is 0 Å². The third kappa shape index (κ3) is 2.83. The van der Waals surface area contributed by atoms with Gasteiger partial charge in [0.1, 0.15) is 5.75 Å². The van der Waals surface area contributed by atoms with Crippen LogP contribution in [0.1, 0.15) is 31.0 Å². The monoisotopic (exact) mass is 292 g/mol. The van der Waals surface area contributed by atoms with Gasteiger partial charge in [0.05, 0.1) is 6.61 Å². The lowest BCUT2D eigenvalue weighted by Crippen LogP contribution is -2.44. The van der Waals surface area contributed by atoms with Gasteiger partial charge in [-0.1, -0.05) is 26.0 Å². The van der Waals surface area contributed by atoms with Gasteiger partial charge in [-0.3, -0.25) is 4.90 Å². The van der Waals surface area contributed by atoms with Crippen molar-refractivity contribution < 1.29 is 4.74 Å². The molecule has 20 heavy (non-hydrogen) atoms. The molecule has 3 atom stereocenters. The van der Waals surface area contributed by atoms with E-state index >= 15 is 0 Å². The summed E-state index contributed by atoms with van der Waals surface area (Å²) < 4.78 is 5.60. The molecule has 0 aromatic heterocycles. The van der Waals surface area contributed by atoms with E-state index in [1.165, 1.54) is 11.1 Å². The first kappa shape index (κ1) is 14.2. The van der Waals surface area contributed by atoms with Crippen LogP contribution in [-0.2, 0) is 6.42 Å². The van der Waals surface area contributed by atoms with Crippen molar-refractivity contribution >= 4 is 11.8 Å². The van der Waals surface area contributed by atoms with Gasteiger partial charge in [-0.05, 0) is 17.2 Å². The van der Waals surface area contributed by atoms with E-state index in [0.29, 0.717) is 23.1 Å². The lowest BCUT2D eigenvalue weighted by molar-refractivity contribution is 0.199. The Morgan fingerprint density at radius 1 is 1.35 bits per heavy atom. The molecule has 2 N–H and O–H groups in total. The fraction of sp³-hybridized carbons (Fsp3) is 0.625. The molecule has 4 heteroatoms. The van der Waals surface area contributed by atoms with E-state index in [2.05, 4.69) is 48.7 Å². The first-order chi connectivity index (χ1) is 9.67. The fourth-order valence-electron chi connectivity index (χ4n) is 3.38. The maximum Gasteiger partial charge on any atom is 0.122 e. The van der Waals surface area contributed by atoms with Crippen LogP contribution in [0.5, 0.6) is 5.75 Å². The second-order valence-electron chi connectivity index (χ2n) is 5.93. The highest BCUT2D eigenvalue weighted by Crippen LogP contribution is 2.33. The molecule has 3 rings (SSSR count). The van der Waals surface area contributed by atoms with E-state index in [0.717, 1.165) is 31.9 Å². The van der Waals surface area contributed by atoms with Gasteiger partial charge in [0.2, 0.25) is 0 Å². The Kier molecular flexibility index (Phi) is 4.24. The number of nitrogens with zero attached hydrogens (tertiary/aromatic N) is 1. The van der Waals surface area contributed by atoms with Crippen LogP contribution < -0.4 is 10.5 Å². The molecule has 1 aromatic carbocycles. The molecule has 1 aromatic rings. The van der Waals surface area contributed by atoms with Crippen molar-refractivity contribution in [2.75, 3.05) is 26.2 Å². The van der Waals surface area contributed by atoms with Crippen LogP contribution in [-0.4, -0.2) is 41.6 Å². The second kappa shape index (κ2) is 5.96. The summed E-state index contributed by atoms with van der Waals surface area (Å²) in [6.45, 7) is 8.40. The summed E-state index contributed by atoms with van der Waals surface area (Å²) in [6.07, 6.45) is 1.03. The summed E-state index contributed by atoms with van der Waals surface area (Å²) >= 11 is 2.09. The Bertz CT molecular complexity index is 470. The van der Waals surface area contributed by atoms with Gasteiger partial charge in [0, 0.05) is 42.6 Å². The van der Waals surface area contributed by atoms with Crippen molar-refractivity contribution in [3.63, 3.8) is 0 Å². The number of hydrogen-bond acceptors (Lipinski definition) is 4. The minimum atomic E-state index is 0.340. The molecule has 2 aliphatic rings. The third-order valence-corrected chi connectivity index (χ3v) is 5.44. The molecule has 0 aliphatic carbocycles. The molecule has 1 fully saturated rings. The Morgan fingerprint density at radius 3 is 2.80 bits per heavy atom. The highest BCUT2D eigenvalue weighted by molar-refractivity contribution is 8.00. The minimum absolute atomic E-state index is 0.340. The third-order valence-electron chi connectivity index (χ3n) is 4.21. The first-order valence-electron chi connectivity index (χ1n) is 7.52. The molecular formula is C16H24N2OS. The van der Waals surface area contributed by atoms with Crippen molar-refractivity contribution in [1.82, 2.24) is 4.90 Å². The van der Waals surface area contributed by atoms with E-state index in [-0.39, 0.29) is 0 Å². The zero-order valence-corrected chi connectivity index (χ0v) is 13.2. The molecule has 0 amide bonds. The highest BCUT2D eigenvalue weighted by Gasteiger charge is 2.28. The van der Waals surface area contributed by atoms with Crippen LogP contribution >= 0.6 is 11.8 Å². The number of nitrogens with two attached hydrogens (primary N) is 1. The van der Waals surface area contributed by atoms with Gasteiger partial charge in [-0.25, -0.2) is 0 Å². The summed E-state index contributed by atoms with van der Waals surface area (Å²) in [5, 5.41) is 1.37. The number of hydrogen-bond donors (Lipinski definition) is 1. The lowest BCUT2D eigenvalue weighted by Gasteiger charge is -2.39. The molecule has 0 spiro atoms. The zero-order chi connectivity index (χ0) is 14.1. The van der Waals surface area contributed by atoms with Crippen LogP contribution in [0.15, 0.2) is 18.2 Å². The summed E-state index contributed by atoms with van der Waals surface area (Å²) in [4.78, 5) is 2.56. The van der Waals surface area contributed by atoms with Crippen LogP contribution in [0.3, 0.4) is 0 Å². The second-order valence-corrected chi connectivity index (χ2v) is 7.81. The molecule has 0 radical (unpaired) electrons. The number of benzene rings is 1. The summed E-state index contributed by atoms with van der Waals surface area (Å²) in [7, 11) is 0. The van der Waals surface area contributed by atoms with Crippen LogP contribution in [0.25, 0.3) is 0 Å². The molecule has 3 nitrogen and oxygen atoms in total. The largest absolute Gasteiger partial charge is 0.493 e. The summed E-state index contributed by atoms with van der Waals surface area (Å²) in [5.41, 5.74) is 8.78. The van der Waals surface area contributed by atoms with Gasteiger partial charge in [-0.15, -0.1) is 0 Å². The van der Waals surface area contributed by atoms with E-state index in [1.54, 1.807) is 0 Å². The van der Waals surface area contributed by atoms with Crippen molar-refractivity contribution in [2.45, 2.75) is 36.8 Å². The topological polar surface area (TPSA) is 38.5 Å². The van der Waals surface area contributed by atoms with Gasteiger partial charge >= 0.3 is 0 Å². The Labute approximate surface area is 125 Å². The molecule has 2 heterocycles. The predicted octanol–water partition coefficient (Wildman–Crippen LogP) is 2.45. The van der Waals surface area contributed by atoms with Crippen LogP contribution in [0.4, 0.5) is 0 Å². The summed E-state index contributed by atoms with van der Waals surface area (Å²) in [5.74, 6) is 1.06. The summed E-state index contributed by atoms with van der Waals surface area (Å²) in [6, 6.07) is 6.95. The Morgan fingerprint density at radius 2 is 2.10 bits per heavy atom. The van der Waals surface area contributed by atoms with Crippen LogP contribution in [0, 0.1) is 0 Å². The van der Waals surface area contributed by atoms with Gasteiger partial charge < -0.3 is 10.5 Å². The minimum Gasteiger partial charge on any atom is -0.493 e. The van der Waals surface area contributed by atoms with Crippen molar-refractivity contribution in [2.24, 2.45) is 5.73 Å². The number of thioether (sulfide) groups is 1. The molecule has 1 saturated heterocycles. The van der Waals surface area contributed by atoms with Gasteiger partial charge in [0.25, 0.3) is 0 Å². The smallest absolute Gasteiger partial charge is 0.122 e. The molecule has 2 aliphatic heterocycles. The van der Waals surface area contributed by atoms with E-state index in [4.69, 9.17) is 10.5 Å². The molecule has 0 saturated carbocycles. The first-order valence-corrected chi connectivity index (χ1v) is 8.47. The molecule has 3 unspecified atom stereocenters. The van der Waals surface area contributed by atoms with Crippen LogP contribution in [0.2, 0.25) is 0 Å². The zero-order valence-electron chi connectivity index (χ0n) is 12.3. The lowest BCUT2D eigenvalue weighted by atomic mass is 10.0. The van der Waals surface area contributed by atoms with E-state index < -0.39 is 0 Å². The SMILES string of the molecule is CC1CN(C(CN)c2ccc3c(c2)CCO3)CC(C)S1. The average molecular weight is 292 g/mol. The molecule has 110 valence electrons. The highest BCUT2D eigenvalue weighted by atomic mass is 32.2. The van der Waals surface area contributed by atoms with E-state index in [9.17, 15) is 0 Å². The van der Waals surface area contributed by atoms with Gasteiger partial charge in [0.15, 0.2) is 0 Å². The predicted molar refractivity (Wildman–Crippen MR) is 85.5 cm³/mol. The number of ether oxygens (including phenoxy) is 1. The number of fused-ring (bicyclic) bond motifs is 1. The standard InChI is InChI=1S/C16H24N2OS/c1-11-9-18(10-12(2)20-11)15(8-17)13-3-4-16-14(7-13)5-6-19-16/h3-4,7,11-12,15H,5-6,8-10,17H2,1-2H3. The Balaban J connectivity index is 1.82. The Hall–Kier alpha value is -0.710. The van der Waals surface area contributed by atoms with Gasteiger partial charge in [-0.2, -0.15) is 11.8 Å². The normalized spacial score (nSPS) is 27.9. The average Bonchev–Trinajstić information content (AvgIpc) is 2.86. The molecular weight excluding hydrogens is 268 g/mol. The van der Waals surface area contributed by atoms with Crippen molar-refractivity contribution in [3.8, 4) is 5.75 Å². The fourth-order valence-corrected chi connectivity index (χ4v) is 4.73. The quantitative estimate of drug-likeness (QED) is 0.929. The van der Waals surface area contributed by atoms with E-state index in [1.807, 2.05) is 0 Å². The van der Waals surface area contributed by atoms with Crippen molar-refractivity contribution in [3.05, 3.63) is 29.3 Å². The molecule has 0 bridgehead atoms. The maximum absolute atomic E-state index is 6.09.